The largest absolute Gasteiger partial charge is 0.239 e. The fraction of sp³-hybridized carbons (Fsp3) is 0.529. The molecular formula is C17H23N. The molecule has 0 amide bonds. The molecule has 0 spiro atoms. The molecule has 0 aliphatic heterocycles. The maximum Gasteiger partial charge on any atom is 0.0734 e. The van der Waals surface area contributed by atoms with E-state index in [2.05, 4.69) is 55.1 Å². The summed E-state index contributed by atoms with van der Waals surface area (Å²) in [4.78, 5) is 4.38. The molecule has 1 fully saturated rings. The number of nitrogens with zero attached hydrogens (tertiary/aromatic N) is 1. The van der Waals surface area contributed by atoms with Gasteiger partial charge in [0.25, 0.3) is 0 Å². The molecule has 1 heteroatoms. The highest BCUT2D eigenvalue weighted by Crippen LogP contribution is 2.28. The maximum absolute atomic E-state index is 4.38. The second-order valence-electron chi connectivity index (χ2n) is 5.62. The molecule has 1 nitrogen and oxygen atoms in total. The number of allylic oxidation sites excluding steroid dienone is 1. The minimum atomic E-state index is 0.711. The highest BCUT2D eigenvalue weighted by Gasteiger charge is 2.15. The first-order chi connectivity index (χ1) is 8.74. The van der Waals surface area contributed by atoms with Crippen LogP contribution in [0.4, 0.5) is 0 Å². The van der Waals surface area contributed by atoms with Crippen LogP contribution in [-0.4, -0.2) is 5.87 Å². The van der Waals surface area contributed by atoms with Crippen LogP contribution in [0.3, 0.4) is 0 Å². The standard InChI is InChI=1S/C17H23N/c1-14-3-7-16(8-4-14)11-12-18-13-17-9-5-15(2)6-10-17/h5-6,9-11,14,16H,3-4,7-8,13H2,1-2H3. The number of hydrogen-bond acceptors (Lipinski definition) is 1. The Morgan fingerprint density at radius 3 is 2.50 bits per heavy atom. The zero-order chi connectivity index (χ0) is 12.8. The van der Waals surface area contributed by atoms with Crippen LogP contribution >= 0.6 is 0 Å². The number of hydrogen-bond donors (Lipinski definition) is 0. The highest BCUT2D eigenvalue weighted by molar-refractivity contribution is 5.52. The summed E-state index contributed by atoms with van der Waals surface area (Å²) in [5.41, 5.74) is 2.56. The summed E-state index contributed by atoms with van der Waals surface area (Å²) in [6.07, 6.45) is 7.53. The van der Waals surface area contributed by atoms with E-state index in [1.165, 1.54) is 36.8 Å². The number of benzene rings is 1. The van der Waals surface area contributed by atoms with Crippen LogP contribution in [0.5, 0.6) is 0 Å². The fourth-order valence-electron chi connectivity index (χ4n) is 2.44. The third-order valence-corrected chi connectivity index (χ3v) is 3.84. The van der Waals surface area contributed by atoms with Crippen LogP contribution in [-0.2, 0) is 6.54 Å². The van der Waals surface area contributed by atoms with Crippen LogP contribution in [0.15, 0.2) is 35.3 Å². The molecule has 1 aromatic rings. The zero-order valence-electron chi connectivity index (χ0n) is 11.5. The molecule has 0 bridgehead atoms. The average molecular weight is 241 g/mol. The van der Waals surface area contributed by atoms with Gasteiger partial charge in [0, 0.05) is 0 Å². The molecule has 96 valence electrons. The van der Waals surface area contributed by atoms with Crippen LogP contribution in [0.2, 0.25) is 0 Å². The lowest BCUT2D eigenvalue weighted by molar-refractivity contribution is 0.331. The number of aryl methyl sites for hydroxylation is 1. The highest BCUT2D eigenvalue weighted by atomic mass is 14.7. The molecule has 0 atom stereocenters. The van der Waals surface area contributed by atoms with Gasteiger partial charge in [-0.25, -0.2) is 4.99 Å². The monoisotopic (exact) mass is 241 g/mol. The maximum atomic E-state index is 4.38. The predicted molar refractivity (Wildman–Crippen MR) is 78.0 cm³/mol. The van der Waals surface area contributed by atoms with Gasteiger partial charge in [-0.05, 0) is 49.1 Å². The lowest BCUT2D eigenvalue weighted by atomic mass is 9.83. The minimum Gasteiger partial charge on any atom is -0.239 e. The summed E-state index contributed by atoms with van der Waals surface area (Å²) < 4.78 is 0. The Labute approximate surface area is 111 Å². The first kappa shape index (κ1) is 13.1. The molecule has 0 N–H and O–H groups in total. The summed E-state index contributed by atoms with van der Waals surface area (Å²) in [5.74, 6) is 4.76. The topological polar surface area (TPSA) is 12.4 Å². The molecule has 18 heavy (non-hydrogen) atoms. The Bertz CT molecular complexity index is 415. The molecule has 0 saturated heterocycles. The Kier molecular flexibility index (Phi) is 4.78. The van der Waals surface area contributed by atoms with Gasteiger partial charge in [0.1, 0.15) is 0 Å². The van der Waals surface area contributed by atoms with Crippen molar-refractivity contribution in [3.63, 3.8) is 0 Å². The van der Waals surface area contributed by atoms with Crippen LogP contribution in [0.1, 0.15) is 43.7 Å². The summed E-state index contributed by atoms with van der Waals surface area (Å²) in [6, 6.07) is 8.56. The van der Waals surface area contributed by atoms with E-state index in [1.807, 2.05) is 0 Å². The predicted octanol–water partition coefficient (Wildman–Crippen LogP) is 4.55. The van der Waals surface area contributed by atoms with Crippen LogP contribution < -0.4 is 0 Å². The lowest BCUT2D eigenvalue weighted by Crippen LogP contribution is -2.10. The van der Waals surface area contributed by atoms with E-state index >= 15 is 0 Å². The van der Waals surface area contributed by atoms with Crippen molar-refractivity contribution < 1.29 is 0 Å². The molecule has 1 aromatic carbocycles. The second-order valence-corrected chi connectivity index (χ2v) is 5.62. The molecule has 0 heterocycles. The van der Waals surface area contributed by atoms with Gasteiger partial charge in [-0.2, -0.15) is 0 Å². The molecular weight excluding hydrogens is 218 g/mol. The van der Waals surface area contributed by atoms with Gasteiger partial charge in [0.15, 0.2) is 0 Å². The molecule has 0 unspecified atom stereocenters. The van der Waals surface area contributed by atoms with Gasteiger partial charge in [0.05, 0.1) is 6.54 Å². The summed E-state index contributed by atoms with van der Waals surface area (Å²) in [7, 11) is 0. The van der Waals surface area contributed by atoms with Crippen molar-refractivity contribution in [1.82, 2.24) is 0 Å². The van der Waals surface area contributed by atoms with Crippen molar-refractivity contribution in [1.29, 1.82) is 0 Å². The van der Waals surface area contributed by atoms with Crippen LogP contribution in [0, 0.1) is 18.8 Å². The number of rotatable bonds is 3. The van der Waals surface area contributed by atoms with E-state index in [0.29, 0.717) is 5.92 Å². The Morgan fingerprint density at radius 1 is 1.17 bits per heavy atom. The molecule has 1 saturated carbocycles. The molecule has 0 aromatic heterocycles. The Hall–Kier alpha value is -1.33. The molecule has 1 aliphatic carbocycles. The van der Waals surface area contributed by atoms with Crippen molar-refractivity contribution in [2.75, 3.05) is 0 Å². The van der Waals surface area contributed by atoms with Crippen molar-refractivity contribution in [3.05, 3.63) is 41.5 Å². The van der Waals surface area contributed by atoms with Gasteiger partial charge < -0.3 is 0 Å². The minimum absolute atomic E-state index is 0.711. The van der Waals surface area contributed by atoms with Crippen molar-refractivity contribution in [2.24, 2.45) is 16.8 Å². The molecule has 0 radical (unpaired) electrons. The third-order valence-electron chi connectivity index (χ3n) is 3.84. The van der Waals surface area contributed by atoms with Crippen molar-refractivity contribution >= 4 is 5.87 Å². The zero-order valence-corrected chi connectivity index (χ0v) is 11.5. The number of aliphatic imine (C=N–C) groups is 1. The van der Waals surface area contributed by atoms with Crippen LogP contribution in [0.25, 0.3) is 0 Å². The first-order valence-corrected chi connectivity index (χ1v) is 7.05. The molecule has 1 aliphatic rings. The first-order valence-electron chi connectivity index (χ1n) is 7.05. The van der Waals surface area contributed by atoms with E-state index in [1.54, 1.807) is 0 Å². The SMILES string of the molecule is Cc1ccc(CN=C=CC2CCC(C)CC2)cc1. The summed E-state index contributed by atoms with van der Waals surface area (Å²) in [5, 5.41) is 0. The quantitative estimate of drug-likeness (QED) is 0.689. The Morgan fingerprint density at radius 2 is 1.83 bits per heavy atom. The smallest absolute Gasteiger partial charge is 0.0734 e. The van der Waals surface area contributed by atoms with Crippen molar-refractivity contribution in [2.45, 2.75) is 46.1 Å². The van der Waals surface area contributed by atoms with Gasteiger partial charge in [0.2, 0.25) is 0 Å². The summed E-state index contributed by atoms with van der Waals surface area (Å²) in [6.45, 7) is 5.21. The van der Waals surface area contributed by atoms with Gasteiger partial charge >= 0.3 is 0 Å². The van der Waals surface area contributed by atoms with E-state index < -0.39 is 0 Å². The van der Waals surface area contributed by atoms with Gasteiger partial charge in [-0.3, -0.25) is 0 Å². The third kappa shape index (κ3) is 4.16. The molecule has 2 rings (SSSR count). The van der Waals surface area contributed by atoms with Gasteiger partial charge in [-0.15, -0.1) is 0 Å². The average Bonchev–Trinajstić information content (AvgIpc) is 2.39. The van der Waals surface area contributed by atoms with Crippen molar-refractivity contribution in [3.8, 4) is 0 Å². The Balaban J connectivity index is 1.82. The summed E-state index contributed by atoms with van der Waals surface area (Å²) >= 11 is 0. The van der Waals surface area contributed by atoms with E-state index in [4.69, 9.17) is 0 Å². The van der Waals surface area contributed by atoms with E-state index in [0.717, 1.165) is 12.5 Å². The fourth-order valence-corrected chi connectivity index (χ4v) is 2.44. The second kappa shape index (κ2) is 6.56. The normalized spacial score (nSPS) is 23.2. The lowest BCUT2D eigenvalue weighted by Gasteiger charge is -2.22. The van der Waals surface area contributed by atoms with E-state index in [9.17, 15) is 0 Å². The van der Waals surface area contributed by atoms with E-state index in [-0.39, 0.29) is 0 Å². The van der Waals surface area contributed by atoms with Gasteiger partial charge in [-0.1, -0.05) is 49.6 Å².